The molecule has 1 rings (SSSR count). The van der Waals surface area contributed by atoms with Crippen LogP contribution in [-0.2, 0) is 0 Å². The maximum absolute atomic E-state index is 12.0. The quantitative estimate of drug-likeness (QED) is 0.651. The molecule has 0 spiro atoms. The molecular weight excluding hydrogens is 359 g/mol. The van der Waals surface area contributed by atoms with Gasteiger partial charge in [-0.25, -0.2) is 0 Å². The van der Waals surface area contributed by atoms with E-state index in [4.69, 9.17) is 12.2 Å². The van der Waals surface area contributed by atoms with Gasteiger partial charge in [0, 0.05) is 22.2 Å². The van der Waals surface area contributed by atoms with Crippen molar-refractivity contribution in [3.63, 3.8) is 0 Å². The van der Waals surface area contributed by atoms with E-state index in [-0.39, 0.29) is 5.91 Å². The molecular formula is C13H17IN2OS. The number of nitrogens with one attached hydrogen (secondary N) is 1. The number of nitrogens with zero attached hydrogens (tertiary/aromatic N) is 1. The van der Waals surface area contributed by atoms with Gasteiger partial charge in [-0.05, 0) is 73.3 Å². The summed E-state index contributed by atoms with van der Waals surface area (Å²) in [6.45, 7) is 7.62. The SMILES string of the molecule is CCN(CC)C(=S)NC(=O)c1ccc(C)c(I)c1. The summed E-state index contributed by atoms with van der Waals surface area (Å²) in [7, 11) is 0. The number of benzene rings is 1. The van der Waals surface area contributed by atoms with Gasteiger partial charge < -0.3 is 4.90 Å². The van der Waals surface area contributed by atoms with Gasteiger partial charge in [0.2, 0.25) is 0 Å². The highest BCUT2D eigenvalue weighted by molar-refractivity contribution is 14.1. The molecule has 5 heteroatoms. The average Bonchev–Trinajstić information content (AvgIpc) is 2.34. The summed E-state index contributed by atoms with van der Waals surface area (Å²) in [5.41, 5.74) is 1.80. The molecule has 98 valence electrons. The highest BCUT2D eigenvalue weighted by atomic mass is 127. The molecule has 1 N–H and O–H groups in total. The van der Waals surface area contributed by atoms with Crippen molar-refractivity contribution < 1.29 is 4.79 Å². The summed E-state index contributed by atoms with van der Waals surface area (Å²) in [4.78, 5) is 14.0. The van der Waals surface area contributed by atoms with Gasteiger partial charge >= 0.3 is 0 Å². The van der Waals surface area contributed by atoms with Gasteiger partial charge in [-0.3, -0.25) is 10.1 Å². The van der Waals surface area contributed by atoms with E-state index in [1.165, 1.54) is 5.56 Å². The molecule has 18 heavy (non-hydrogen) atoms. The Balaban J connectivity index is 2.76. The van der Waals surface area contributed by atoms with Gasteiger partial charge in [0.05, 0.1) is 0 Å². The van der Waals surface area contributed by atoms with Crippen molar-refractivity contribution in [1.82, 2.24) is 10.2 Å². The summed E-state index contributed by atoms with van der Waals surface area (Å²) in [6.07, 6.45) is 0. The second-order valence-electron chi connectivity index (χ2n) is 3.90. The van der Waals surface area contributed by atoms with Crippen LogP contribution < -0.4 is 5.32 Å². The maximum Gasteiger partial charge on any atom is 0.257 e. The van der Waals surface area contributed by atoms with Crippen LogP contribution in [0.2, 0.25) is 0 Å². The third kappa shape index (κ3) is 3.91. The fraction of sp³-hybridized carbons (Fsp3) is 0.385. The number of rotatable bonds is 3. The van der Waals surface area contributed by atoms with E-state index in [2.05, 4.69) is 27.9 Å². The number of hydrogen-bond donors (Lipinski definition) is 1. The number of carbonyl (C=O) groups is 1. The van der Waals surface area contributed by atoms with Crippen LogP contribution in [0.3, 0.4) is 0 Å². The molecule has 0 radical (unpaired) electrons. The van der Waals surface area contributed by atoms with E-state index < -0.39 is 0 Å². The van der Waals surface area contributed by atoms with Gasteiger partial charge in [0.1, 0.15) is 0 Å². The molecule has 0 aliphatic carbocycles. The van der Waals surface area contributed by atoms with Crippen LogP contribution in [0.1, 0.15) is 29.8 Å². The zero-order chi connectivity index (χ0) is 13.7. The lowest BCUT2D eigenvalue weighted by atomic mass is 10.1. The third-order valence-corrected chi connectivity index (χ3v) is 4.23. The van der Waals surface area contributed by atoms with Gasteiger partial charge in [0.15, 0.2) is 5.11 Å². The van der Waals surface area contributed by atoms with Crippen LogP contribution in [0.25, 0.3) is 0 Å². The molecule has 0 fully saturated rings. The normalized spacial score (nSPS) is 10.0. The number of amides is 1. The maximum atomic E-state index is 12.0. The van der Waals surface area contributed by atoms with Crippen molar-refractivity contribution in [3.05, 3.63) is 32.9 Å². The highest BCUT2D eigenvalue weighted by Crippen LogP contribution is 2.13. The Hall–Kier alpha value is -0.690. The van der Waals surface area contributed by atoms with E-state index in [1.807, 2.05) is 43.9 Å². The molecule has 0 saturated heterocycles. The molecule has 1 aromatic carbocycles. The Labute approximate surface area is 127 Å². The first-order valence-electron chi connectivity index (χ1n) is 5.86. The Morgan fingerprint density at radius 2 is 2.00 bits per heavy atom. The van der Waals surface area contributed by atoms with E-state index in [1.54, 1.807) is 0 Å². The molecule has 0 aliphatic rings. The topological polar surface area (TPSA) is 32.3 Å². The fourth-order valence-corrected chi connectivity index (χ4v) is 2.36. The minimum atomic E-state index is -0.148. The van der Waals surface area contributed by atoms with Crippen molar-refractivity contribution in [3.8, 4) is 0 Å². The Morgan fingerprint density at radius 1 is 1.39 bits per heavy atom. The zero-order valence-electron chi connectivity index (χ0n) is 10.8. The highest BCUT2D eigenvalue weighted by Gasteiger charge is 2.12. The second kappa shape index (κ2) is 7.04. The molecule has 1 aromatic rings. The first-order valence-corrected chi connectivity index (χ1v) is 7.34. The minimum absolute atomic E-state index is 0.148. The van der Waals surface area contributed by atoms with Crippen molar-refractivity contribution in [1.29, 1.82) is 0 Å². The lowest BCUT2D eigenvalue weighted by Crippen LogP contribution is -2.42. The average molecular weight is 376 g/mol. The van der Waals surface area contributed by atoms with Gasteiger partial charge in [0.25, 0.3) is 5.91 Å². The Morgan fingerprint density at radius 3 is 2.50 bits per heavy atom. The number of halogens is 1. The molecule has 0 aliphatic heterocycles. The summed E-state index contributed by atoms with van der Waals surface area (Å²) in [6, 6.07) is 5.63. The van der Waals surface area contributed by atoms with Crippen LogP contribution in [-0.4, -0.2) is 29.0 Å². The molecule has 0 atom stereocenters. The number of aryl methyl sites for hydroxylation is 1. The van der Waals surface area contributed by atoms with Crippen LogP contribution in [0.5, 0.6) is 0 Å². The number of hydrogen-bond acceptors (Lipinski definition) is 2. The van der Waals surface area contributed by atoms with Gasteiger partial charge in [-0.2, -0.15) is 0 Å². The minimum Gasteiger partial charge on any atom is -0.350 e. The predicted octanol–water partition coefficient (Wildman–Crippen LogP) is 2.96. The molecule has 0 saturated carbocycles. The van der Waals surface area contributed by atoms with Crippen LogP contribution >= 0.6 is 34.8 Å². The van der Waals surface area contributed by atoms with E-state index >= 15 is 0 Å². The fourth-order valence-electron chi connectivity index (χ4n) is 1.49. The second-order valence-corrected chi connectivity index (χ2v) is 5.44. The van der Waals surface area contributed by atoms with Crippen molar-refractivity contribution >= 4 is 45.8 Å². The zero-order valence-corrected chi connectivity index (χ0v) is 13.8. The summed E-state index contributed by atoms with van der Waals surface area (Å²) in [5.74, 6) is -0.148. The standard InChI is InChI=1S/C13H17IN2OS/c1-4-16(5-2)13(18)15-12(17)10-7-6-9(3)11(14)8-10/h6-8H,4-5H2,1-3H3,(H,15,17,18). The Bertz CT molecular complexity index is 458. The number of thiocarbonyl (C=S) groups is 1. The molecule has 0 bridgehead atoms. The lowest BCUT2D eigenvalue weighted by molar-refractivity contribution is 0.0973. The van der Waals surface area contributed by atoms with Gasteiger partial charge in [-0.15, -0.1) is 0 Å². The van der Waals surface area contributed by atoms with E-state index in [0.29, 0.717) is 10.7 Å². The largest absolute Gasteiger partial charge is 0.350 e. The van der Waals surface area contributed by atoms with Crippen LogP contribution in [0.15, 0.2) is 18.2 Å². The van der Waals surface area contributed by atoms with E-state index in [0.717, 1.165) is 16.7 Å². The van der Waals surface area contributed by atoms with Gasteiger partial charge in [-0.1, -0.05) is 6.07 Å². The lowest BCUT2D eigenvalue weighted by Gasteiger charge is -2.21. The third-order valence-electron chi connectivity index (χ3n) is 2.71. The molecule has 3 nitrogen and oxygen atoms in total. The monoisotopic (exact) mass is 376 g/mol. The number of carbonyl (C=O) groups excluding carboxylic acids is 1. The summed E-state index contributed by atoms with van der Waals surface area (Å²) < 4.78 is 1.08. The summed E-state index contributed by atoms with van der Waals surface area (Å²) >= 11 is 7.42. The Kier molecular flexibility index (Phi) is 6.01. The first kappa shape index (κ1) is 15.4. The smallest absolute Gasteiger partial charge is 0.257 e. The van der Waals surface area contributed by atoms with Crippen LogP contribution in [0.4, 0.5) is 0 Å². The summed E-state index contributed by atoms with van der Waals surface area (Å²) in [5, 5.41) is 3.25. The first-order chi connectivity index (χ1) is 8.49. The molecule has 0 unspecified atom stereocenters. The molecule has 0 aromatic heterocycles. The molecule has 1 amide bonds. The van der Waals surface area contributed by atoms with Crippen LogP contribution in [0, 0.1) is 10.5 Å². The van der Waals surface area contributed by atoms with Crippen molar-refractivity contribution in [2.75, 3.05) is 13.1 Å². The predicted molar refractivity (Wildman–Crippen MR) is 86.9 cm³/mol. The molecule has 0 heterocycles. The van der Waals surface area contributed by atoms with Crippen molar-refractivity contribution in [2.24, 2.45) is 0 Å². The van der Waals surface area contributed by atoms with Crippen molar-refractivity contribution in [2.45, 2.75) is 20.8 Å². The van der Waals surface area contributed by atoms with E-state index in [9.17, 15) is 4.79 Å².